The highest BCUT2D eigenvalue weighted by Gasteiger charge is 2.22. The average Bonchev–Trinajstić information content (AvgIpc) is 3.18. The lowest BCUT2D eigenvalue weighted by molar-refractivity contribution is 0.203. The van der Waals surface area contributed by atoms with Gasteiger partial charge in [-0.25, -0.2) is 14.2 Å². The Labute approximate surface area is 147 Å². The molecule has 2 amide bonds. The van der Waals surface area contributed by atoms with Crippen molar-refractivity contribution in [2.75, 3.05) is 33.2 Å². The van der Waals surface area contributed by atoms with Gasteiger partial charge in [-0.2, -0.15) is 0 Å². The van der Waals surface area contributed by atoms with E-state index in [0.717, 1.165) is 26.1 Å². The normalized spacial score (nSPS) is 18.0. The van der Waals surface area contributed by atoms with E-state index in [1.807, 2.05) is 0 Å². The van der Waals surface area contributed by atoms with Gasteiger partial charge in [0.2, 0.25) is 0 Å². The summed E-state index contributed by atoms with van der Waals surface area (Å²) in [6.45, 7) is 6.57. The highest BCUT2D eigenvalue weighted by molar-refractivity contribution is 5.76. The summed E-state index contributed by atoms with van der Waals surface area (Å²) in [5, 5.41) is 3.01. The standard InChI is InChI=1S/C18H26FN5O/c1-3-7-24-8-6-13(11-24)10-20-18(25)23(2)12-17-21-15-5-4-14(19)9-16(15)22-17/h4-5,9,13H,3,6-8,10-12H2,1-2H3,(H,20,25)(H,21,22)/t13-/m1/s1. The molecule has 0 spiro atoms. The first-order valence-electron chi connectivity index (χ1n) is 8.90. The Kier molecular flexibility index (Phi) is 5.53. The van der Waals surface area contributed by atoms with Crippen molar-refractivity contribution < 1.29 is 9.18 Å². The van der Waals surface area contributed by atoms with Crippen LogP contribution in [-0.2, 0) is 6.54 Å². The van der Waals surface area contributed by atoms with Crippen LogP contribution < -0.4 is 5.32 Å². The lowest BCUT2D eigenvalue weighted by atomic mass is 10.1. The minimum absolute atomic E-state index is 0.111. The molecule has 1 atom stereocenters. The molecule has 1 aromatic heterocycles. The predicted octanol–water partition coefficient (Wildman–Crippen LogP) is 2.58. The van der Waals surface area contributed by atoms with Gasteiger partial charge in [-0.15, -0.1) is 0 Å². The van der Waals surface area contributed by atoms with Crippen LogP contribution in [0.25, 0.3) is 11.0 Å². The quantitative estimate of drug-likeness (QED) is 0.844. The Morgan fingerprint density at radius 2 is 2.36 bits per heavy atom. The zero-order valence-corrected chi connectivity index (χ0v) is 14.9. The third-order valence-corrected chi connectivity index (χ3v) is 4.68. The number of benzene rings is 1. The number of imidazole rings is 1. The molecule has 25 heavy (non-hydrogen) atoms. The molecule has 0 aliphatic carbocycles. The van der Waals surface area contributed by atoms with Gasteiger partial charge in [0.25, 0.3) is 0 Å². The van der Waals surface area contributed by atoms with Gasteiger partial charge in [-0.05, 0) is 50.0 Å². The Balaban J connectivity index is 1.48. The fourth-order valence-electron chi connectivity index (χ4n) is 3.37. The van der Waals surface area contributed by atoms with Crippen molar-refractivity contribution in [3.05, 3.63) is 29.8 Å². The van der Waals surface area contributed by atoms with Gasteiger partial charge in [0.15, 0.2) is 0 Å². The molecule has 136 valence electrons. The second-order valence-electron chi connectivity index (χ2n) is 6.84. The number of urea groups is 1. The fourth-order valence-corrected chi connectivity index (χ4v) is 3.37. The number of likely N-dealkylation sites (tertiary alicyclic amines) is 1. The van der Waals surface area contributed by atoms with Crippen molar-refractivity contribution in [3.8, 4) is 0 Å². The van der Waals surface area contributed by atoms with Gasteiger partial charge in [-0.1, -0.05) is 6.92 Å². The predicted molar refractivity (Wildman–Crippen MR) is 95.8 cm³/mol. The van der Waals surface area contributed by atoms with E-state index in [0.29, 0.717) is 35.9 Å². The minimum Gasteiger partial charge on any atom is -0.340 e. The van der Waals surface area contributed by atoms with E-state index in [4.69, 9.17) is 0 Å². The molecular weight excluding hydrogens is 321 g/mol. The maximum absolute atomic E-state index is 13.2. The second-order valence-corrected chi connectivity index (χ2v) is 6.84. The topological polar surface area (TPSA) is 64.3 Å². The molecule has 1 aliphatic rings. The summed E-state index contributed by atoms with van der Waals surface area (Å²) >= 11 is 0. The van der Waals surface area contributed by atoms with E-state index >= 15 is 0 Å². The monoisotopic (exact) mass is 347 g/mol. The number of fused-ring (bicyclic) bond motifs is 1. The molecule has 1 aliphatic heterocycles. The molecule has 1 aromatic carbocycles. The van der Waals surface area contributed by atoms with Crippen LogP contribution in [0.2, 0.25) is 0 Å². The first-order chi connectivity index (χ1) is 12.0. The van der Waals surface area contributed by atoms with E-state index in [1.54, 1.807) is 18.0 Å². The Morgan fingerprint density at radius 3 is 3.16 bits per heavy atom. The number of carbonyl (C=O) groups excluding carboxylic acids is 1. The van der Waals surface area contributed by atoms with Crippen molar-refractivity contribution in [1.82, 2.24) is 25.1 Å². The molecule has 1 fully saturated rings. The summed E-state index contributed by atoms with van der Waals surface area (Å²) in [6.07, 6.45) is 2.31. The van der Waals surface area contributed by atoms with Crippen LogP contribution >= 0.6 is 0 Å². The molecule has 0 bridgehead atoms. The maximum Gasteiger partial charge on any atom is 0.317 e. The smallest absolute Gasteiger partial charge is 0.317 e. The number of amides is 2. The lowest BCUT2D eigenvalue weighted by Gasteiger charge is -2.19. The number of nitrogens with zero attached hydrogens (tertiary/aromatic N) is 3. The first-order valence-corrected chi connectivity index (χ1v) is 8.90. The maximum atomic E-state index is 13.2. The van der Waals surface area contributed by atoms with E-state index in [-0.39, 0.29) is 11.8 Å². The van der Waals surface area contributed by atoms with Crippen LogP contribution in [0.1, 0.15) is 25.6 Å². The van der Waals surface area contributed by atoms with Gasteiger partial charge in [0.1, 0.15) is 11.6 Å². The molecular formula is C18H26FN5O. The summed E-state index contributed by atoms with van der Waals surface area (Å²) in [7, 11) is 1.74. The van der Waals surface area contributed by atoms with Gasteiger partial charge in [-0.3, -0.25) is 0 Å². The molecule has 6 nitrogen and oxygen atoms in total. The van der Waals surface area contributed by atoms with Crippen molar-refractivity contribution in [2.24, 2.45) is 5.92 Å². The third-order valence-electron chi connectivity index (χ3n) is 4.68. The first kappa shape index (κ1) is 17.7. The van der Waals surface area contributed by atoms with Gasteiger partial charge in [0, 0.05) is 20.1 Å². The number of H-pyrrole nitrogens is 1. The van der Waals surface area contributed by atoms with Crippen LogP contribution in [0, 0.1) is 11.7 Å². The molecule has 0 unspecified atom stereocenters. The van der Waals surface area contributed by atoms with Crippen LogP contribution in [0.5, 0.6) is 0 Å². The molecule has 2 N–H and O–H groups in total. The Bertz CT molecular complexity index is 731. The Morgan fingerprint density at radius 1 is 1.52 bits per heavy atom. The largest absolute Gasteiger partial charge is 0.340 e. The Hall–Kier alpha value is -2.15. The number of hydrogen-bond donors (Lipinski definition) is 2. The molecule has 0 radical (unpaired) electrons. The number of carbonyl (C=O) groups is 1. The lowest BCUT2D eigenvalue weighted by Crippen LogP contribution is -2.39. The number of aromatic nitrogens is 2. The number of aromatic amines is 1. The van der Waals surface area contributed by atoms with E-state index in [2.05, 4.69) is 27.1 Å². The summed E-state index contributed by atoms with van der Waals surface area (Å²) in [4.78, 5) is 23.8. The third kappa shape index (κ3) is 4.48. The number of hydrogen-bond acceptors (Lipinski definition) is 3. The van der Waals surface area contributed by atoms with Crippen LogP contribution in [0.3, 0.4) is 0 Å². The van der Waals surface area contributed by atoms with Crippen molar-refractivity contribution >= 4 is 17.1 Å². The summed E-state index contributed by atoms with van der Waals surface area (Å²) in [5.41, 5.74) is 1.35. The minimum atomic E-state index is -0.303. The molecule has 2 aromatic rings. The van der Waals surface area contributed by atoms with E-state index in [9.17, 15) is 9.18 Å². The van der Waals surface area contributed by atoms with Crippen LogP contribution in [0.15, 0.2) is 18.2 Å². The van der Waals surface area contributed by atoms with Crippen LogP contribution in [0.4, 0.5) is 9.18 Å². The molecule has 1 saturated heterocycles. The highest BCUT2D eigenvalue weighted by Crippen LogP contribution is 2.16. The fraction of sp³-hybridized carbons (Fsp3) is 0.556. The zero-order valence-electron chi connectivity index (χ0n) is 14.9. The van der Waals surface area contributed by atoms with E-state index < -0.39 is 0 Å². The van der Waals surface area contributed by atoms with Crippen LogP contribution in [-0.4, -0.2) is 59.0 Å². The average molecular weight is 347 g/mol. The molecule has 0 saturated carbocycles. The number of halogens is 1. The molecule has 7 heteroatoms. The van der Waals surface area contributed by atoms with Gasteiger partial charge >= 0.3 is 6.03 Å². The number of nitrogens with one attached hydrogen (secondary N) is 2. The number of rotatable bonds is 6. The molecule has 2 heterocycles. The van der Waals surface area contributed by atoms with Crippen molar-refractivity contribution in [3.63, 3.8) is 0 Å². The zero-order chi connectivity index (χ0) is 17.8. The second kappa shape index (κ2) is 7.82. The highest BCUT2D eigenvalue weighted by atomic mass is 19.1. The van der Waals surface area contributed by atoms with E-state index in [1.165, 1.54) is 18.6 Å². The summed E-state index contributed by atoms with van der Waals surface area (Å²) < 4.78 is 13.2. The molecule has 3 rings (SSSR count). The summed E-state index contributed by atoms with van der Waals surface area (Å²) in [6, 6.07) is 4.31. The SMILES string of the molecule is CCCN1CC[C@H](CNC(=O)N(C)Cc2nc3ccc(F)cc3[nH]2)C1. The van der Waals surface area contributed by atoms with Gasteiger partial charge < -0.3 is 20.1 Å². The van der Waals surface area contributed by atoms with Gasteiger partial charge in [0.05, 0.1) is 17.6 Å². The van der Waals surface area contributed by atoms with Crippen molar-refractivity contribution in [1.29, 1.82) is 0 Å². The van der Waals surface area contributed by atoms with Crippen molar-refractivity contribution in [2.45, 2.75) is 26.3 Å². The summed E-state index contributed by atoms with van der Waals surface area (Å²) in [5.74, 6) is 0.869.